The first-order chi connectivity index (χ1) is 9.70. The summed E-state index contributed by atoms with van der Waals surface area (Å²) in [6, 6.07) is 7.74. The molecule has 0 atom stereocenters. The van der Waals surface area contributed by atoms with Gasteiger partial charge in [-0.1, -0.05) is 6.92 Å². The maximum absolute atomic E-state index is 6.15. The fraction of sp³-hybridized carbons (Fsp3) is 0.200. The minimum absolute atomic E-state index is 0.612. The summed E-state index contributed by atoms with van der Waals surface area (Å²) in [4.78, 5) is 4.04. The van der Waals surface area contributed by atoms with E-state index in [1.54, 1.807) is 17.1 Å². The van der Waals surface area contributed by atoms with Crippen molar-refractivity contribution >= 4 is 5.82 Å². The van der Waals surface area contributed by atoms with Crippen molar-refractivity contribution in [3.8, 4) is 22.6 Å². The lowest BCUT2D eigenvalue weighted by molar-refractivity contribution is 0.526. The van der Waals surface area contributed by atoms with E-state index in [-0.39, 0.29) is 0 Å². The fourth-order valence-electron chi connectivity index (χ4n) is 2.21. The largest absolute Gasteiger partial charge is 0.459 e. The smallest absolute Gasteiger partial charge is 0.155 e. The van der Waals surface area contributed by atoms with Crippen LogP contribution in [-0.4, -0.2) is 14.8 Å². The van der Waals surface area contributed by atoms with Crippen LogP contribution in [0.3, 0.4) is 0 Å². The summed E-state index contributed by atoms with van der Waals surface area (Å²) in [5.41, 5.74) is 8.77. The minimum Gasteiger partial charge on any atom is -0.459 e. The summed E-state index contributed by atoms with van der Waals surface area (Å²) < 4.78 is 7.47. The zero-order valence-corrected chi connectivity index (χ0v) is 11.5. The van der Waals surface area contributed by atoms with Crippen LogP contribution in [0.15, 0.2) is 41.1 Å². The Morgan fingerprint density at radius 2 is 1.95 bits per heavy atom. The highest BCUT2D eigenvalue weighted by atomic mass is 16.3. The number of nitrogens with two attached hydrogens (primary N) is 1. The second kappa shape index (κ2) is 4.85. The van der Waals surface area contributed by atoms with Crippen LogP contribution in [0, 0.1) is 0 Å². The number of nitrogens with zero attached hydrogens (tertiary/aromatic N) is 3. The standard InChI is InChI=1S/C15H16N4O/c1-3-11-4-5-12(20-11)14-13(15(16)19(2)18-14)10-6-8-17-9-7-10/h4-9H,3,16H2,1-2H3. The molecule has 3 rings (SSSR count). The average Bonchev–Trinajstić information content (AvgIpc) is 3.06. The summed E-state index contributed by atoms with van der Waals surface area (Å²) >= 11 is 0. The molecule has 0 amide bonds. The summed E-state index contributed by atoms with van der Waals surface area (Å²) in [6.45, 7) is 2.05. The lowest BCUT2D eigenvalue weighted by Crippen LogP contribution is -1.97. The monoisotopic (exact) mass is 268 g/mol. The highest BCUT2D eigenvalue weighted by Gasteiger charge is 2.19. The third-order valence-electron chi connectivity index (χ3n) is 3.30. The minimum atomic E-state index is 0.612. The van der Waals surface area contributed by atoms with Crippen LogP contribution in [0.25, 0.3) is 22.6 Å². The highest BCUT2D eigenvalue weighted by molar-refractivity contribution is 5.86. The van der Waals surface area contributed by atoms with Crippen molar-refractivity contribution < 1.29 is 4.42 Å². The Morgan fingerprint density at radius 3 is 2.60 bits per heavy atom. The summed E-state index contributed by atoms with van der Waals surface area (Å²) in [5.74, 6) is 2.28. The first-order valence-corrected chi connectivity index (χ1v) is 6.52. The molecule has 0 spiro atoms. The van der Waals surface area contributed by atoms with E-state index >= 15 is 0 Å². The molecule has 0 saturated carbocycles. The van der Waals surface area contributed by atoms with E-state index in [0.717, 1.165) is 34.8 Å². The van der Waals surface area contributed by atoms with Gasteiger partial charge in [-0.3, -0.25) is 9.67 Å². The van der Waals surface area contributed by atoms with E-state index in [0.29, 0.717) is 5.82 Å². The molecule has 0 aromatic carbocycles. The Hall–Kier alpha value is -2.56. The molecule has 0 fully saturated rings. The van der Waals surface area contributed by atoms with Crippen LogP contribution in [0.4, 0.5) is 5.82 Å². The number of hydrogen-bond acceptors (Lipinski definition) is 4. The second-order valence-corrected chi connectivity index (χ2v) is 4.59. The molecular weight excluding hydrogens is 252 g/mol. The Kier molecular flexibility index (Phi) is 3.02. The van der Waals surface area contributed by atoms with Gasteiger partial charge < -0.3 is 10.2 Å². The molecule has 3 aromatic rings. The highest BCUT2D eigenvalue weighted by Crippen LogP contribution is 2.36. The molecule has 2 N–H and O–H groups in total. The Morgan fingerprint density at radius 1 is 1.20 bits per heavy atom. The molecule has 5 nitrogen and oxygen atoms in total. The van der Waals surface area contributed by atoms with Crippen molar-refractivity contribution in [3.05, 3.63) is 42.4 Å². The molecule has 3 heterocycles. The van der Waals surface area contributed by atoms with Crippen LogP contribution in [-0.2, 0) is 13.5 Å². The number of hydrogen-bond donors (Lipinski definition) is 1. The molecular formula is C15H16N4O. The number of furan rings is 1. The van der Waals surface area contributed by atoms with Crippen molar-refractivity contribution in [2.24, 2.45) is 7.05 Å². The molecule has 0 aliphatic rings. The molecule has 0 aliphatic carbocycles. The van der Waals surface area contributed by atoms with Crippen LogP contribution in [0.2, 0.25) is 0 Å². The number of nitrogen functional groups attached to an aromatic ring is 1. The predicted molar refractivity (Wildman–Crippen MR) is 77.9 cm³/mol. The van der Waals surface area contributed by atoms with Gasteiger partial charge >= 0.3 is 0 Å². The Bertz CT molecular complexity index is 728. The normalized spacial score (nSPS) is 10.9. The molecule has 0 unspecified atom stereocenters. The molecule has 0 aliphatic heterocycles. The van der Waals surface area contributed by atoms with Crippen LogP contribution >= 0.6 is 0 Å². The second-order valence-electron chi connectivity index (χ2n) is 4.59. The number of anilines is 1. The lowest BCUT2D eigenvalue weighted by atomic mass is 10.1. The van der Waals surface area contributed by atoms with Gasteiger partial charge in [-0.05, 0) is 29.8 Å². The van der Waals surface area contributed by atoms with Gasteiger partial charge in [0.2, 0.25) is 0 Å². The maximum Gasteiger partial charge on any atom is 0.155 e. The van der Waals surface area contributed by atoms with Crippen molar-refractivity contribution in [1.82, 2.24) is 14.8 Å². The van der Waals surface area contributed by atoms with E-state index in [9.17, 15) is 0 Å². The molecule has 102 valence electrons. The molecule has 5 heteroatoms. The topological polar surface area (TPSA) is 69.9 Å². The Labute approximate surface area is 117 Å². The van der Waals surface area contributed by atoms with Crippen molar-refractivity contribution in [2.75, 3.05) is 5.73 Å². The van der Waals surface area contributed by atoms with E-state index in [4.69, 9.17) is 10.2 Å². The summed E-state index contributed by atoms with van der Waals surface area (Å²) in [5, 5.41) is 4.48. The molecule has 0 saturated heterocycles. The van der Waals surface area contributed by atoms with Gasteiger partial charge in [-0.2, -0.15) is 5.10 Å². The zero-order chi connectivity index (χ0) is 14.1. The fourth-order valence-corrected chi connectivity index (χ4v) is 2.21. The van der Waals surface area contributed by atoms with Crippen molar-refractivity contribution in [1.29, 1.82) is 0 Å². The van der Waals surface area contributed by atoms with Gasteiger partial charge in [-0.15, -0.1) is 0 Å². The summed E-state index contributed by atoms with van der Waals surface area (Å²) in [6.07, 6.45) is 4.34. The van der Waals surface area contributed by atoms with Gasteiger partial charge in [0.25, 0.3) is 0 Å². The van der Waals surface area contributed by atoms with Gasteiger partial charge in [-0.25, -0.2) is 0 Å². The van der Waals surface area contributed by atoms with E-state index < -0.39 is 0 Å². The Balaban J connectivity index is 2.19. The van der Waals surface area contributed by atoms with Crippen LogP contribution in [0.5, 0.6) is 0 Å². The van der Waals surface area contributed by atoms with Gasteiger partial charge in [0.15, 0.2) is 5.76 Å². The molecule has 20 heavy (non-hydrogen) atoms. The maximum atomic E-state index is 6.15. The van der Waals surface area contributed by atoms with Gasteiger partial charge in [0.1, 0.15) is 17.3 Å². The van der Waals surface area contributed by atoms with Crippen LogP contribution < -0.4 is 5.73 Å². The third kappa shape index (κ3) is 1.97. The first kappa shape index (κ1) is 12.5. The van der Waals surface area contributed by atoms with E-state index in [2.05, 4.69) is 17.0 Å². The van der Waals surface area contributed by atoms with Gasteiger partial charge in [0, 0.05) is 25.9 Å². The number of aryl methyl sites for hydroxylation is 2. The third-order valence-corrected chi connectivity index (χ3v) is 3.30. The molecule has 0 bridgehead atoms. The van der Waals surface area contributed by atoms with Crippen molar-refractivity contribution in [2.45, 2.75) is 13.3 Å². The average molecular weight is 268 g/mol. The van der Waals surface area contributed by atoms with Crippen LogP contribution in [0.1, 0.15) is 12.7 Å². The van der Waals surface area contributed by atoms with E-state index in [1.165, 1.54) is 0 Å². The molecule has 3 aromatic heterocycles. The zero-order valence-electron chi connectivity index (χ0n) is 11.5. The number of rotatable bonds is 3. The quantitative estimate of drug-likeness (QED) is 0.793. The van der Waals surface area contributed by atoms with Crippen molar-refractivity contribution in [3.63, 3.8) is 0 Å². The lowest BCUT2D eigenvalue weighted by Gasteiger charge is -2.02. The predicted octanol–water partition coefficient (Wildman–Crippen LogP) is 2.89. The number of pyridine rings is 1. The first-order valence-electron chi connectivity index (χ1n) is 6.52. The van der Waals surface area contributed by atoms with Gasteiger partial charge in [0.05, 0.1) is 5.56 Å². The molecule has 0 radical (unpaired) electrons. The SMILES string of the molecule is CCc1ccc(-c2nn(C)c(N)c2-c2ccncc2)o1. The summed E-state index contributed by atoms with van der Waals surface area (Å²) in [7, 11) is 1.83. The van der Waals surface area contributed by atoms with E-state index in [1.807, 2.05) is 31.3 Å². The number of aromatic nitrogens is 3.